The number of alkyl halides is 1. The van der Waals surface area contributed by atoms with Gasteiger partial charge in [-0.2, -0.15) is 5.10 Å². The van der Waals surface area contributed by atoms with E-state index in [0.29, 0.717) is 35.7 Å². The number of hydrogen-bond donors (Lipinski definition) is 1. The van der Waals surface area contributed by atoms with Crippen molar-refractivity contribution in [3.8, 4) is 0 Å². The Hall–Kier alpha value is -3.30. The first-order chi connectivity index (χ1) is 14.4. The van der Waals surface area contributed by atoms with Crippen molar-refractivity contribution in [3.63, 3.8) is 0 Å². The van der Waals surface area contributed by atoms with E-state index in [1.165, 1.54) is 15.1 Å². The highest BCUT2D eigenvalue weighted by molar-refractivity contribution is 6.01. The van der Waals surface area contributed by atoms with Crippen molar-refractivity contribution in [1.82, 2.24) is 24.5 Å². The maximum atomic E-state index is 14.5. The van der Waals surface area contributed by atoms with Crippen molar-refractivity contribution in [3.05, 3.63) is 57.5 Å². The average molecular weight is 414 g/mol. The number of carbonyl (C=O) groups is 1. The molecule has 1 N–H and O–H groups in total. The molecule has 30 heavy (non-hydrogen) atoms. The molecule has 10 heteroatoms. The molecule has 156 valence electrons. The van der Waals surface area contributed by atoms with Gasteiger partial charge >= 0.3 is 0 Å². The molecule has 0 spiro atoms. The van der Waals surface area contributed by atoms with Crippen LogP contribution in [-0.2, 0) is 6.54 Å². The van der Waals surface area contributed by atoms with Gasteiger partial charge in [0, 0.05) is 37.5 Å². The fraction of sp³-hybridized carbons (Fsp3) is 0.400. The summed E-state index contributed by atoms with van der Waals surface area (Å²) in [4.78, 5) is 32.0. The summed E-state index contributed by atoms with van der Waals surface area (Å²) in [5, 5.41) is 7.15. The lowest BCUT2D eigenvalue weighted by molar-refractivity contribution is 0.0953. The van der Waals surface area contributed by atoms with E-state index in [-0.39, 0.29) is 36.5 Å². The molecule has 8 nitrogen and oxygen atoms in total. The first-order valence-corrected chi connectivity index (χ1v) is 9.87. The van der Waals surface area contributed by atoms with Crippen LogP contribution in [0.3, 0.4) is 0 Å². The second kappa shape index (κ2) is 6.89. The second-order valence-corrected chi connectivity index (χ2v) is 7.74. The third kappa shape index (κ3) is 2.94. The normalized spacial score (nSPS) is 21.6. The van der Waals surface area contributed by atoms with Crippen molar-refractivity contribution in [2.75, 3.05) is 18.0 Å². The topological polar surface area (TPSA) is 84.5 Å². The van der Waals surface area contributed by atoms with E-state index in [4.69, 9.17) is 0 Å². The number of amides is 1. The van der Waals surface area contributed by atoms with Crippen molar-refractivity contribution in [1.29, 1.82) is 0 Å². The average Bonchev–Trinajstić information content (AvgIpc) is 3.25. The summed E-state index contributed by atoms with van der Waals surface area (Å²) in [6.07, 6.45) is 2.12. The highest BCUT2D eigenvalue weighted by atomic mass is 19.1. The summed E-state index contributed by atoms with van der Waals surface area (Å²) in [5.41, 5.74) is 1.11. The van der Waals surface area contributed by atoms with Crippen molar-refractivity contribution in [2.24, 2.45) is 0 Å². The Bertz CT molecular complexity index is 1220. The van der Waals surface area contributed by atoms with E-state index >= 15 is 0 Å². The van der Waals surface area contributed by atoms with Gasteiger partial charge in [-0.3, -0.25) is 9.59 Å². The predicted octanol–water partition coefficient (Wildman–Crippen LogP) is 1.76. The Labute approximate surface area is 170 Å². The van der Waals surface area contributed by atoms with Gasteiger partial charge < -0.3 is 14.8 Å². The molecule has 0 aromatic carbocycles. The molecule has 1 fully saturated rings. The van der Waals surface area contributed by atoms with Gasteiger partial charge in [0.25, 0.3) is 11.5 Å². The van der Waals surface area contributed by atoms with Gasteiger partial charge in [-0.05, 0) is 25.5 Å². The fourth-order valence-corrected chi connectivity index (χ4v) is 4.35. The number of aromatic nitrogens is 4. The Morgan fingerprint density at radius 1 is 1.30 bits per heavy atom. The standard InChI is InChI=1S/C20H20F2N6O2/c1-11-17-18-24-16(3-6-28(18)25-11)27-10-13(22)8-15(27)14-7-12(21)9-26(20(14)30)5-2-4-23-19(17)29/h3,6-7,9,13,15H,2,4-5,8,10H2,1H3,(H,23,29)/t13-,15+/m0/s1. The molecule has 5 rings (SSSR count). The summed E-state index contributed by atoms with van der Waals surface area (Å²) in [7, 11) is 0. The molecule has 0 radical (unpaired) electrons. The van der Waals surface area contributed by atoms with Crippen LogP contribution in [0.4, 0.5) is 14.6 Å². The van der Waals surface area contributed by atoms with Crippen LogP contribution in [0.15, 0.2) is 29.3 Å². The zero-order valence-electron chi connectivity index (χ0n) is 16.3. The number of hydrogen-bond acceptors (Lipinski definition) is 5. The number of anilines is 1. The van der Waals surface area contributed by atoms with Gasteiger partial charge in [0.05, 0.1) is 18.3 Å². The van der Waals surface area contributed by atoms with Gasteiger partial charge in [-0.1, -0.05) is 0 Å². The monoisotopic (exact) mass is 414 g/mol. The van der Waals surface area contributed by atoms with E-state index in [9.17, 15) is 18.4 Å². The van der Waals surface area contributed by atoms with Crippen LogP contribution in [-0.4, -0.2) is 44.3 Å². The molecular weight excluding hydrogens is 394 g/mol. The van der Waals surface area contributed by atoms with E-state index in [1.807, 2.05) is 0 Å². The summed E-state index contributed by atoms with van der Waals surface area (Å²) < 4.78 is 31.6. The van der Waals surface area contributed by atoms with Crippen molar-refractivity contribution < 1.29 is 13.6 Å². The zero-order valence-corrected chi connectivity index (χ0v) is 16.3. The molecule has 4 bridgehead atoms. The Morgan fingerprint density at radius 2 is 2.13 bits per heavy atom. The number of fused-ring (bicyclic) bond motifs is 6. The summed E-state index contributed by atoms with van der Waals surface area (Å²) in [5.74, 6) is -0.466. The molecular formula is C20H20F2N6O2. The molecule has 3 aromatic heterocycles. The van der Waals surface area contributed by atoms with E-state index in [2.05, 4.69) is 15.4 Å². The fourth-order valence-electron chi connectivity index (χ4n) is 4.35. The van der Waals surface area contributed by atoms with Gasteiger partial charge in [0.2, 0.25) is 0 Å². The molecule has 0 saturated carbocycles. The first kappa shape index (κ1) is 18.7. The maximum absolute atomic E-state index is 14.5. The molecule has 0 aliphatic carbocycles. The first-order valence-electron chi connectivity index (χ1n) is 9.87. The van der Waals surface area contributed by atoms with Crippen LogP contribution in [0.25, 0.3) is 5.65 Å². The highest BCUT2D eigenvalue weighted by Crippen LogP contribution is 2.36. The minimum Gasteiger partial charge on any atom is -0.352 e. The number of aryl methyl sites for hydroxylation is 2. The minimum atomic E-state index is -1.19. The Balaban J connectivity index is 1.73. The lowest BCUT2D eigenvalue weighted by Gasteiger charge is -2.26. The van der Waals surface area contributed by atoms with E-state index in [0.717, 1.165) is 6.20 Å². The SMILES string of the molecule is Cc1nn2ccc3nc2c1C(=O)NCCCn1cc(F)cc(c1=O)[C@H]1C[C@H](F)CN31. The van der Waals surface area contributed by atoms with Crippen LogP contribution in [0.5, 0.6) is 0 Å². The van der Waals surface area contributed by atoms with Crippen LogP contribution in [0, 0.1) is 12.7 Å². The molecule has 2 atom stereocenters. The van der Waals surface area contributed by atoms with Gasteiger partial charge in [0.15, 0.2) is 5.65 Å². The smallest absolute Gasteiger partial charge is 0.257 e. The van der Waals surface area contributed by atoms with Crippen LogP contribution in [0.1, 0.15) is 40.5 Å². The van der Waals surface area contributed by atoms with Gasteiger partial charge in [-0.25, -0.2) is 18.3 Å². The van der Waals surface area contributed by atoms with Crippen LogP contribution >= 0.6 is 0 Å². The molecule has 2 aliphatic heterocycles. The molecule has 1 saturated heterocycles. The second-order valence-electron chi connectivity index (χ2n) is 7.74. The van der Waals surface area contributed by atoms with Crippen molar-refractivity contribution >= 4 is 17.4 Å². The highest BCUT2D eigenvalue weighted by Gasteiger charge is 2.36. The lowest BCUT2D eigenvalue weighted by atomic mass is 10.1. The summed E-state index contributed by atoms with van der Waals surface area (Å²) >= 11 is 0. The third-order valence-electron chi connectivity index (χ3n) is 5.72. The maximum Gasteiger partial charge on any atom is 0.257 e. The van der Waals surface area contributed by atoms with Crippen LogP contribution < -0.4 is 15.8 Å². The molecule has 3 aromatic rings. The lowest BCUT2D eigenvalue weighted by Crippen LogP contribution is -2.33. The molecule has 0 unspecified atom stereocenters. The van der Waals surface area contributed by atoms with E-state index < -0.39 is 18.0 Å². The van der Waals surface area contributed by atoms with E-state index in [1.54, 1.807) is 24.1 Å². The number of nitrogens with zero attached hydrogens (tertiary/aromatic N) is 5. The molecule has 5 heterocycles. The Morgan fingerprint density at radius 3 is 2.97 bits per heavy atom. The largest absolute Gasteiger partial charge is 0.352 e. The molecule has 1 amide bonds. The van der Waals surface area contributed by atoms with Crippen molar-refractivity contribution in [2.45, 2.75) is 38.5 Å². The number of nitrogens with one attached hydrogen (secondary N) is 1. The predicted molar refractivity (Wildman–Crippen MR) is 105 cm³/mol. The van der Waals surface area contributed by atoms with Crippen LogP contribution in [0.2, 0.25) is 0 Å². The quantitative estimate of drug-likeness (QED) is 0.606. The summed E-state index contributed by atoms with van der Waals surface area (Å²) in [6, 6.07) is 2.21. The van der Waals surface area contributed by atoms with Gasteiger partial charge in [-0.15, -0.1) is 0 Å². The van der Waals surface area contributed by atoms with Gasteiger partial charge in [0.1, 0.15) is 23.4 Å². The summed E-state index contributed by atoms with van der Waals surface area (Å²) in [6.45, 7) is 2.30. The third-order valence-corrected chi connectivity index (χ3v) is 5.72. The minimum absolute atomic E-state index is 0.0262. The Kier molecular flexibility index (Phi) is 4.30. The number of rotatable bonds is 0. The molecule has 2 aliphatic rings. The zero-order chi connectivity index (χ0) is 21.0. The number of carbonyl (C=O) groups excluding carboxylic acids is 1. The number of halogens is 2. The number of pyridine rings is 1.